The highest BCUT2D eigenvalue weighted by atomic mass is 79.9. The van der Waals surface area contributed by atoms with Crippen LogP contribution in [0.3, 0.4) is 0 Å². The molecule has 0 unspecified atom stereocenters. The fourth-order valence-electron chi connectivity index (χ4n) is 2.87. The lowest BCUT2D eigenvalue weighted by atomic mass is 10.2. The maximum absolute atomic E-state index is 13.1. The van der Waals surface area contributed by atoms with Crippen LogP contribution in [-0.4, -0.2) is 38.0 Å². The van der Waals surface area contributed by atoms with Crippen molar-refractivity contribution in [2.45, 2.75) is 32.8 Å². The van der Waals surface area contributed by atoms with Crippen molar-refractivity contribution in [1.82, 2.24) is 9.66 Å². The van der Waals surface area contributed by atoms with E-state index in [1.807, 2.05) is 13.8 Å². The Hall–Kier alpha value is -3.60. The van der Waals surface area contributed by atoms with E-state index >= 15 is 0 Å². The molecule has 1 heterocycles. The van der Waals surface area contributed by atoms with Crippen molar-refractivity contribution in [3.05, 3.63) is 72.7 Å². The Kier molecular flexibility index (Phi) is 6.68. The summed E-state index contributed by atoms with van der Waals surface area (Å²) in [6.45, 7) is 5.04. The molecular formula is C21H19BrN4O6. The number of aliphatic carboxylic acids is 1. The summed E-state index contributed by atoms with van der Waals surface area (Å²) in [5.41, 5.74) is 0.00748. The molecule has 2 aromatic carbocycles. The lowest BCUT2D eigenvalue weighted by Gasteiger charge is -2.14. The first kappa shape index (κ1) is 23.1. The van der Waals surface area contributed by atoms with Gasteiger partial charge in [-0.25, -0.2) is 9.78 Å². The quantitative estimate of drug-likeness (QED) is 0.293. The van der Waals surface area contributed by atoms with Crippen LogP contribution in [0, 0.1) is 10.1 Å². The van der Waals surface area contributed by atoms with E-state index in [1.165, 1.54) is 31.3 Å². The van der Waals surface area contributed by atoms with Gasteiger partial charge in [0.25, 0.3) is 11.2 Å². The Balaban J connectivity index is 2.17. The second-order valence-electron chi connectivity index (χ2n) is 7.23. The van der Waals surface area contributed by atoms with Gasteiger partial charge < -0.3 is 9.84 Å². The fourth-order valence-corrected chi connectivity index (χ4v) is 3.23. The molecule has 0 amide bonds. The molecule has 1 N–H and O–H groups in total. The summed E-state index contributed by atoms with van der Waals surface area (Å²) >= 11 is 3.34. The largest absolute Gasteiger partial charge is 0.479 e. The molecule has 11 heteroatoms. The van der Waals surface area contributed by atoms with Crippen LogP contribution in [0.5, 0.6) is 5.75 Å². The number of aromatic nitrogens is 2. The Labute approximate surface area is 190 Å². The molecule has 0 radical (unpaired) electrons. The number of ether oxygens (including phenoxy) is 1. The van der Waals surface area contributed by atoms with Crippen molar-refractivity contribution in [2.24, 2.45) is 5.10 Å². The van der Waals surface area contributed by atoms with Crippen LogP contribution in [-0.2, 0) is 4.79 Å². The lowest BCUT2D eigenvalue weighted by molar-refractivity contribution is -0.384. The summed E-state index contributed by atoms with van der Waals surface area (Å²) < 4.78 is 7.23. The van der Waals surface area contributed by atoms with Crippen molar-refractivity contribution in [2.75, 3.05) is 0 Å². The minimum atomic E-state index is -1.20. The number of carbonyl (C=O) groups is 1. The first-order chi connectivity index (χ1) is 15.1. The smallest absolute Gasteiger partial charge is 0.344 e. The number of halogens is 1. The van der Waals surface area contributed by atoms with Gasteiger partial charge in [0, 0.05) is 28.1 Å². The topological polar surface area (TPSA) is 137 Å². The first-order valence-electron chi connectivity index (χ1n) is 9.53. The molecule has 32 heavy (non-hydrogen) atoms. The Morgan fingerprint density at radius 2 is 2.00 bits per heavy atom. The second kappa shape index (κ2) is 9.27. The van der Waals surface area contributed by atoms with Crippen molar-refractivity contribution in [3.8, 4) is 5.75 Å². The van der Waals surface area contributed by atoms with Gasteiger partial charge in [0.05, 0.1) is 22.0 Å². The van der Waals surface area contributed by atoms with E-state index in [2.05, 4.69) is 26.0 Å². The molecule has 3 rings (SSSR count). The number of rotatable bonds is 7. The van der Waals surface area contributed by atoms with Crippen LogP contribution in [0.15, 0.2) is 50.8 Å². The average molecular weight is 503 g/mol. The number of nitro groups is 1. The monoisotopic (exact) mass is 502 g/mol. The molecule has 0 aliphatic rings. The number of nitro benzene ring substituents is 1. The molecular weight excluding hydrogens is 484 g/mol. The van der Waals surface area contributed by atoms with Gasteiger partial charge in [0.15, 0.2) is 6.10 Å². The van der Waals surface area contributed by atoms with Crippen LogP contribution >= 0.6 is 15.9 Å². The maximum Gasteiger partial charge on any atom is 0.344 e. The highest BCUT2D eigenvalue weighted by Gasteiger charge is 2.18. The van der Waals surface area contributed by atoms with Gasteiger partial charge in [0.2, 0.25) is 0 Å². The van der Waals surface area contributed by atoms with E-state index in [1.54, 1.807) is 18.2 Å². The molecule has 1 atom stereocenters. The van der Waals surface area contributed by atoms with Crippen molar-refractivity contribution in [1.29, 1.82) is 0 Å². The molecule has 0 spiro atoms. The predicted octanol–water partition coefficient (Wildman–Crippen LogP) is 3.92. The maximum atomic E-state index is 13.1. The molecule has 3 aromatic rings. The number of carboxylic acids is 1. The van der Waals surface area contributed by atoms with Gasteiger partial charge in [-0.05, 0) is 31.2 Å². The normalized spacial score (nSPS) is 12.4. The average Bonchev–Trinajstić information content (AvgIpc) is 2.73. The molecule has 0 aliphatic carbocycles. The van der Waals surface area contributed by atoms with Gasteiger partial charge in [-0.2, -0.15) is 9.78 Å². The molecule has 0 bridgehead atoms. The minimum Gasteiger partial charge on any atom is -0.479 e. The molecule has 0 saturated heterocycles. The summed E-state index contributed by atoms with van der Waals surface area (Å²) in [5, 5.41) is 24.9. The minimum absolute atomic E-state index is 0.0740. The summed E-state index contributed by atoms with van der Waals surface area (Å²) in [5.74, 6) is -0.882. The molecule has 1 aromatic heterocycles. The second-order valence-corrected chi connectivity index (χ2v) is 8.14. The number of hydrogen-bond donors (Lipinski definition) is 1. The van der Waals surface area contributed by atoms with Crippen LogP contribution < -0.4 is 10.3 Å². The van der Waals surface area contributed by atoms with Gasteiger partial charge in [-0.1, -0.05) is 29.8 Å². The highest BCUT2D eigenvalue weighted by Crippen LogP contribution is 2.24. The molecule has 0 fully saturated rings. The van der Waals surface area contributed by atoms with Crippen molar-refractivity contribution >= 4 is 44.7 Å². The van der Waals surface area contributed by atoms with Gasteiger partial charge >= 0.3 is 5.97 Å². The van der Waals surface area contributed by atoms with Crippen LogP contribution in [0.25, 0.3) is 10.9 Å². The van der Waals surface area contributed by atoms with Gasteiger partial charge in [-0.15, -0.1) is 0 Å². The summed E-state index contributed by atoms with van der Waals surface area (Å²) in [6.07, 6.45) is 0.0209. The van der Waals surface area contributed by atoms with E-state index in [0.717, 1.165) is 4.68 Å². The van der Waals surface area contributed by atoms with Crippen LogP contribution in [0.4, 0.5) is 5.69 Å². The molecule has 10 nitrogen and oxygen atoms in total. The van der Waals surface area contributed by atoms with Gasteiger partial charge in [0.1, 0.15) is 11.6 Å². The Morgan fingerprint density at radius 3 is 2.62 bits per heavy atom. The molecule has 166 valence electrons. The summed E-state index contributed by atoms with van der Waals surface area (Å²) in [7, 11) is 0. The third-order valence-electron chi connectivity index (χ3n) is 4.52. The number of non-ortho nitro benzene ring substituents is 1. The van der Waals surface area contributed by atoms with E-state index in [9.17, 15) is 19.7 Å². The van der Waals surface area contributed by atoms with Crippen molar-refractivity contribution in [3.63, 3.8) is 0 Å². The van der Waals surface area contributed by atoms with Crippen molar-refractivity contribution < 1.29 is 19.6 Å². The zero-order chi connectivity index (χ0) is 23.6. The van der Waals surface area contributed by atoms with Crippen LogP contribution in [0.1, 0.15) is 38.1 Å². The Bertz CT molecular complexity index is 1300. The summed E-state index contributed by atoms with van der Waals surface area (Å²) in [4.78, 5) is 39.4. The standard InChI is InChI=1S/C21H19BrN4O6/c1-11(2)19-24-17-6-4-14(22)9-16(17)20(27)25(19)23-10-13-8-15(26(30)31)5-7-18(13)32-12(3)21(28)29/h4-12H,1-3H3,(H,28,29)/t12-/m0/s1. The zero-order valence-corrected chi connectivity index (χ0v) is 18.9. The molecule has 0 saturated carbocycles. The fraction of sp³-hybridized carbons (Fsp3) is 0.238. The SMILES string of the molecule is CC(C)c1nc2ccc(Br)cc2c(=O)n1N=Cc1cc([N+](=O)[O-])ccc1O[C@@H](C)C(=O)O. The number of carboxylic acid groups (broad SMARTS) is 1. The van der Waals surface area contributed by atoms with E-state index in [4.69, 9.17) is 9.84 Å². The number of fused-ring (bicyclic) bond motifs is 1. The van der Waals surface area contributed by atoms with E-state index in [-0.39, 0.29) is 22.9 Å². The first-order valence-corrected chi connectivity index (χ1v) is 10.3. The lowest BCUT2D eigenvalue weighted by Crippen LogP contribution is -2.24. The third kappa shape index (κ3) is 4.83. The summed E-state index contributed by atoms with van der Waals surface area (Å²) in [6, 6.07) is 8.82. The zero-order valence-electron chi connectivity index (χ0n) is 17.4. The predicted molar refractivity (Wildman–Crippen MR) is 122 cm³/mol. The number of benzene rings is 2. The highest BCUT2D eigenvalue weighted by molar-refractivity contribution is 9.10. The van der Waals surface area contributed by atoms with Crippen LogP contribution in [0.2, 0.25) is 0 Å². The Morgan fingerprint density at radius 1 is 1.28 bits per heavy atom. The van der Waals surface area contributed by atoms with Gasteiger partial charge in [-0.3, -0.25) is 14.9 Å². The number of nitrogens with zero attached hydrogens (tertiary/aromatic N) is 4. The third-order valence-corrected chi connectivity index (χ3v) is 5.01. The number of hydrogen-bond acceptors (Lipinski definition) is 7. The van der Waals surface area contributed by atoms with E-state index in [0.29, 0.717) is 21.2 Å². The molecule has 0 aliphatic heterocycles. The van der Waals surface area contributed by atoms with E-state index < -0.39 is 22.6 Å².